The topological polar surface area (TPSA) is 54.6 Å². The Kier molecular flexibility index (Phi) is 4.85. The number of alkyl halides is 3. The maximum atomic E-state index is 12.2. The van der Waals surface area contributed by atoms with Crippen molar-refractivity contribution in [2.45, 2.75) is 26.8 Å². The summed E-state index contributed by atoms with van der Waals surface area (Å²) in [7, 11) is 0. The molecule has 0 bridgehead atoms. The average Bonchev–Trinajstić information content (AvgIpc) is 2.87. The molecule has 0 saturated carbocycles. The molecule has 2 aromatic rings. The minimum Gasteiger partial charge on any atom is -0.404 e. The molecule has 0 radical (unpaired) electrons. The number of anilines is 1. The molecule has 1 saturated heterocycles. The van der Waals surface area contributed by atoms with Gasteiger partial charge < -0.3 is 14.2 Å². The average molecular weight is 356 g/mol. The van der Waals surface area contributed by atoms with Crippen molar-refractivity contribution in [3.63, 3.8) is 0 Å². The molecule has 0 aromatic carbocycles. The molecule has 2 aromatic heterocycles. The third-order valence-corrected chi connectivity index (χ3v) is 4.21. The summed E-state index contributed by atoms with van der Waals surface area (Å²) in [5, 5.41) is 3.96. The second-order valence-electron chi connectivity index (χ2n) is 5.97. The molecular formula is C16H19F3N4O2. The van der Waals surface area contributed by atoms with Gasteiger partial charge in [0.05, 0.1) is 11.9 Å². The van der Waals surface area contributed by atoms with Crippen molar-refractivity contribution in [3.05, 3.63) is 35.3 Å². The van der Waals surface area contributed by atoms with Crippen LogP contribution in [0.25, 0.3) is 0 Å². The number of hydrogen-bond donors (Lipinski definition) is 0. The number of rotatable bonds is 4. The fraction of sp³-hybridized carbons (Fsp3) is 0.500. The van der Waals surface area contributed by atoms with Gasteiger partial charge in [-0.05, 0) is 26.0 Å². The highest BCUT2D eigenvalue weighted by molar-refractivity contribution is 5.41. The normalized spacial score (nSPS) is 16.3. The van der Waals surface area contributed by atoms with Gasteiger partial charge in [-0.2, -0.15) is 0 Å². The van der Waals surface area contributed by atoms with Crippen LogP contribution >= 0.6 is 0 Å². The van der Waals surface area contributed by atoms with E-state index in [1.807, 2.05) is 18.7 Å². The Morgan fingerprint density at radius 1 is 1.16 bits per heavy atom. The fourth-order valence-electron chi connectivity index (χ4n) is 2.84. The maximum absolute atomic E-state index is 12.2. The second kappa shape index (κ2) is 6.91. The first kappa shape index (κ1) is 17.5. The van der Waals surface area contributed by atoms with Crippen molar-refractivity contribution in [2.24, 2.45) is 0 Å². The molecule has 3 heterocycles. The molecule has 0 amide bonds. The predicted octanol–water partition coefficient (Wildman–Crippen LogP) is 2.91. The molecule has 0 unspecified atom stereocenters. The van der Waals surface area contributed by atoms with Crippen molar-refractivity contribution < 1.29 is 22.4 Å². The lowest BCUT2D eigenvalue weighted by atomic mass is 10.2. The van der Waals surface area contributed by atoms with Gasteiger partial charge in [-0.25, -0.2) is 4.98 Å². The van der Waals surface area contributed by atoms with Crippen LogP contribution in [-0.2, 0) is 6.54 Å². The van der Waals surface area contributed by atoms with Crippen LogP contribution in [0.4, 0.5) is 19.0 Å². The van der Waals surface area contributed by atoms with Gasteiger partial charge in [0.15, 0.2) is 0 Å². The first-order valence-electron chi connectivity index (χ1n) is 7.92. The minimum atomic E-state index is -4.70. The summed E-state index contributed by atoms with van der Waals surface area (Å²) in [6.45, 7) is 7.75. The van der Waals surface area contributed by atoms with Gasteiger partial charge in [0, 0.05) is 38.3 Å². The van der Waals surface area contributed by atoms with E-state index in [1.165, 1.54) is 6.07 Å². The van der Waals surface area contributed by atoms with Gasteiger partial charge in [0.1, 0.15) is 17.3 Å². The highest BCUT2D eigenvalue weighted by atomic mass is 19.4. The van der Waals surface area contributed by atoms with Crippen LogP contribution in [0.5, 0.6) is 5.75 Å². The van der Waals surface area contributed by atoms with Crippen LogP contribution in [-0.4, -0.2) is 47.6 Å². The Morgan fingerprint density at radius 3 is 2.40 bits per heavy atom. The van der Waals surface area contributed by atoms with Crippen molar-refractivity contribution in [3.8, 4) is 5.75 Å². The van der Waals surface area contributed by atoms with Crippen LogP contribution in [0, 0.1) is 13.8 Å². The number of nitrogens with zero attached hydrogens (tertiary/aromatic N) is 4. The van der Waals surface area contributed by atoms with Gasteiger partial charge in [-0.15, -0.1) is 13.2 Å². The summed E-state index contributed by atoms with van der Waals surface area (Å²) in [4.78, 5) is 8.41. The molecule has 1 aliphatic rings. The Bertz CT molecular complexity index is 688. The van der Waals surface area contributed by atoms with Gasteiger partial charge in [0.25, 0.3) is 0 Å². The number of hydrogen-bond acceptors (Lipinski definition) is 6. The van der Waals surface area contributed by atoms with Crippen LogP contribution in [0.1, 0.15) is 17.0 Å². The van der Waals surface area contributed by atoms with E-state index in [1.54, 1.807) is 6.07 Å². The lowest BCUT2D eigenvalue weighted by Gasteiger charge is -2.35. The molecule has 0 N–H and O–H groups in total. The molecule has 25 heavy (non-hydrogen) atoms. The number of piperazine rings is 1. The van der Waals surface area contributed by atoms with E-state index in [0.29, 0.717) is 5.82 Å². The standard InChI is InChI=1S/C16H19F3N4O2/c1-11-14(12(2)25-21-11)10-22-5-7-23(8-6-22)15-4-3-13(9-20-15)24-16(17,18)19/h3-4,9H,5-8,10H2,1-2H3. The first-order chi connectivity index (χ1) is 11.8. The van der Waals surface area contributed by atoms with Crippen LogP contribution in [0.3, 0.4) is 0 Å². The number of halogens is 3. The molecule has 9 heteroatoms. The zero-order chi connectivity index (χ0) is 18.0. The highest BCUT2D eigenvalue weighted by Crippen LogP contribution is 2.24. The molecule has 0 atom stereocenters. The van der Waals surface area contributed by atoms with Crippen molar-refractivity contribution in [2.75, 3.05) is 31.1 Å². The lowest BCUT2D eigenvalue weighted by molar-refractivity contribution is -0.274. The number of aromatic nitrogens is 2. The number of aryl methyl sites for hydroxylation is 2. The minimum absolute atomic E-state index is 0.312. The second-order valence-corrected chi connectivity index (χ2v) is 5.97. The van der Waals surface area contributed by atoms with E-state index in [0.717, 1.165) is 55.9 Å². The molecule has 1 fully saturated rings. The zero-order valence-corrected chi connectivity index (χ0v) is 14.0. The van der Waals surface area contributed by atoms with Gasteiger partial charge in [0.2, 0.25) is 0 Å². The summed E-state index contributed by atoms with van der Waals surface area (Å²) >= 11 is 0. The summed E-state index contributed by atoms with van der Waals surface area (Å²) in [6, 6.07) is 2.83. The lowest BCUT2D eigenvalue weighted by Crippen LogP contribution is -2.46. The number of ether oxygens (including phenoxy) is 1. The highest BCUT2D eigenvalue weighted by Gasteiger charge is 2.31. The van der Waals surface area contributed by atoms with Crippen LogP contribution < -0.4 is 9.64 Å². The molecular weight excluding hydrogens is 337 g/mol. The van der Waals surface area contributed by atoms with E-state index in [9.17, 15) is 13.2 Å². The van der Waals surface area contributed by atoms with Gasteiger partial charge in [-0.1, -0.05) is 5.16 Å². The third kappa shape index (κ3) is 4.41. The summed E-state index contributed by atoms with van der Waals surface area (Å²) in [5.41, 5.74) is 2.02. The predicted molar refractivity (Wildman–Crippen MR) is 84.4 cm³/mol. The molecule has 0 aliphatic carbocycles. The molecule has 3 rings (SSSR count). The first-order valence-corrected chi connectivity index (χ1v) is 7.92. The SMILES string of the molecule is Cc1noc(C)c1CN1CCN(c2ccc(OC(F)(F)F)cn2)CC1. The van der Waals surface area contributed by atoms with Crippen molar-refractivity contribution in [1.29, 1.82) is 0 Å². The Hall–Kier alpha value is -2.29. The van der Waals surface area contributed by atoms with Crippen molar-refractivity contribution >= 4 is 5.82 Å². The van der Waals surface area contributed by atoms with Crippen LogP contribution in [0.2, 0.25) is 0 Å². The van der Waals surface area contributed by atoms with E-state index >= 15 is 0 Å². The Balaban J connectivity index is 1.55. The zero-order valence-electron chi connectivity index (χ0n) is 14.0. The molecule has 6 nitrogen and oxygen atoms in total. The largest absolute Gasteiger partial charge is 0.573 e. The summed E-state index contributed by atoms with van der Waals surface area (Å²) < 4.78 is 45.5. The quantitative estimate of drug-likeness (QED) is 0.840. The smallest absolute Gasteiger partial charge is 0.404 e. The maximum Gasteiger partial charge on any atom is 0.573 e. The van der Waals surface area contributed by atoms with E-state index in [-0.39, 0.29) is 5.75 Å². The molecule has 1 aliphatic heterocycles. The Morgan fingerprint density at radius 2 is 1.88 bits per heavy atom. The van der Waals surface area contributed by atoms with Gasteiger partial charge >= 0.3 is 6.36 Å². The van der Waals surface area contributed by atoms with Crippen LogP contribution in [0.15, 0.2) is 22.9 Å². The molecule has 136 valence electrons. The third-order valence-electron chi connectivity index (χ3n) is 4.21. The molecule has 0 spiro atoms. The summed E-state index contributed by atoms with van der Waals surface area (Å²) in [5.74, 6) is 1.17. The summed E-state index contributed by atoms with van der Waals surface area (Å²) in [6.07, 6.45) is -3.61. The Labute approximate surface area is 143 Å². The van der Waals surface area contributed by atoms with E-state index < -0.39 is 6.36 Å². The van der Waals surface area contributed by atoms with Crippen molar-refractivity contribution in [1.82, 2.24) is 15.0 Å². The number of pyridine rings is 1. The monoisotopic (exact) mass is 356 g/mol. The van der Waals surface area contributed by atoms with E-state index in [2.05, 4.69) is 19.8 Å². The van der Waals surface area contributed by atoms with Gasteiger partial charge in [-0.3, -0.25) is 4.90 Å². The fourth-order valence-corrected chi connectivity index (χ4v) is 2.84. The van der Waals surface area contributed by atoms with E-state index in [4.69, 9.17) is 4.52 Å².